The predicted octanol–water partition coefficient (Wildman–Crippen LogP) is 3.44. The van der Waals surface area contributed by atoms with E-state index < -0.39 is 23.0 Å². The third kappa shape index (κ3) is 6.01. The molecule has 32 heavy (non-hydrogen) atoms. The van der Waals surface area contributed by atoms with Gasteiger partial charge in [0.25, 0.3) is 0 Å². The van der Waals surface area contributed by atoms with Crippen LogP contribution in [0.2, 0.25) is 0 Å². The Hall–Kier alpha value is -2.12. The SMILES string of the molecule is CC(C(=O)NC1CCOCC1)C(N)(C(=O)OC(C)(C)C)c1ccc(OC2CCCC2)cc1. The van der Waals surface area contributed by atoms with Gasteiger partial charge in [-0.1, -0.05) is 19.1 Å². The Labute approximate surface area is 191 Å². The Morgan fingerprint density at radius 1 is 1.06 bits per heavy atom. The lowest BCUT2D eigenvalue weighted by atomic mass is 9.78. The van der Waals surface area contributed by atoms with Gasteiger partial charge in [0, 0.05) is 19.3 Å². The van der Waals surface area contributed by atoms with Crippen LogP contribution in [0.4, 0.5) is 0 Å². The van der Waals surface area contributed by atoms with Crippen molar-refractivity contribution < 1.29 is 23.8 Å². The predicted molar refractivity (Wildman–Crippen MR) is 122 cm³/mol. The molecule has 2 fully saturated rings. The highest BCUT2D eigenvalue weighted by Gasteiger charge is 2.48. The van der Waals surface area contributed by atoms with Crippen molar-refractivity contribution in [3.8, 4) is 5.75 Å². The van der Waals surface area contributed by atoms with Crippen molar-refractivity contribution in [2.24, 2.45) is 11.7 Å². The summed E-state index contributed by atoms with van der Waals surface area (Å²) in [7, 11) is 0. The average molecular weight is 447 g/mol. The fourth-order valence-corrected chi connectivity index (χ4v) is 4.29. The Balaban J connectivity index is 1.82. The summed E-state index contributed by atoms with van der Waals surface area (Å²) < 4.78 is 17.1. The maximum absolute atomic E-state index is 13.3. The number of ether oxygens (including phenoxy) is 3. The van der Waals surface area contributed by atoms with Gasteiger partial charge in [0.2, 0.25) is 5.91 Å². The van der Waals surface area contributed by atoms with Gasteiger partial charge < -0.3 is 25.3 Å². The zero-order valence-electron chi connectivity index (χ0n) is 19.8. The molecule has 7 heteroatoms. The number of rotatable bonds is 7. The molecule has 1 aliphatic heterocycles. The summed E-state index contributed by atoms with van der Waals surface area (Å²) in [5.41, 5.74) is 4.90. The Bertz CT molecular complexity index is 777. The van der Waals surface area contributed by atoms with E-state index in [0.717, 1.165) is 31.4 Å². The van der Waals surface area contributed by atoms with E-state index in [9.17, 15) is 9.59 Å². The quantitative estimate of drug-likeness (QED) is 0.623. The molecule has 2 atom stereocenters. The number of benzene rings is 1. The Kier molecular flexibility index (Phi) is 7.83. The summed E-state index contributed by atoms with van der Waals surface area (Å²) in [4.78, 5) is 26.4. The van der Waals surface area contributed by atoms with E-state index in [-0.39, 0.29) is 18.1 Å². The van der Waals surface area contributed by atoms with Gasteiger partial charge in [0.15, 0.2) is 5.54 Å². The lowest BCUT2D eigenvalue weighted by Crippen LogP contribution is -2.58. The molecule has 1 saturated carbocycles. The summed E-state index contributed by atoms with van der Waals surface area (Å²) in [6, 6.07) is 7.20. The number of carbonyl (C=O) groups is 2. The molecule has 1 heterocycles. The minimum Gasteiger partial charge on any atom is -0.490 e. The van der Waals surface area contributed by atoms with Crippen LogP contribution in [-0.2, 0) is 24.6 Å². The third-order valence-electron chi connectivity index (χ3n) is 6.32. The number of hydrogen-bond donors (Lipinski definition) is 2. The lowest BCUT2D eigenvalue weighted by Gasteiger charge is -2.36. The molecule has 178 valence electrons. The second-order valence-corrected chi connectivity index (χ2v) is 10.0. The van der Waals surface area contributed by atoms with Gasteiger partial charge in [-0.25, -0.2) is 4.79 Å². The van der Waals surface area contributed by atoms with Crippen molar-refractivity contribution in [3.05, 3.63) is 29.8 Å². The fraction of sp³-hybridized carbons (Fsp3) is 0.680. The van der Waals surface area contributed by atoms with Crippen LogP contribution >= 0.6 is 0 Å². The minimum absolute atomic E-state index is 0.0174. The number of nitrogens with two attached hydrogens (primary N) is 1. The third-order valence-corrected chi connectivity index (χ3v) is 6.32. The normalized spacial score (nSPS) is 20.9. The van der Waals surface area contributed by atoms with Crippen LogP contribution in [0.1, 0.15) is 71.8 Å². The molecule has 3 N–H and O–H groups in total. The summed E-state index contributed by atoms with van der Waals surface area (Å²) in [5, 5.41) is 3.04. The van der Waals surface area contributed by atoms with Gasteiger partial charge in [-0.05, 0) is 77.0 Å². The van der Waals surface area contributed by atoms with E-state index in [2.05, 4.69) is 5.32 Å². The van der Waals surface area contributed by atoms with Crippen LogP contribution < -0.4 is 15.8 Å². The molecule has 0 radical (unpaired) electrons. The van der Waals surface area contributed by atoms with Crippen LogP contribution in [0.25, 0.3) is 0 Å². The smallest absolute Gasteiger partial charge is 0.332 e. The molecule has 2 aliphatic rings. The van der Waals surface area contributed by atoms with E-state index in [0.29, 0.717) is 18.8 Å². The number of esters is 1. The van der Waals surface area contributed by atoms with Gasteiger partial charge >= 0.3 is 5.97 Å². The molecule has 3 rings (SSSR count). The summed E-state index contributed by atoms with van der Waals surface area (Å²) in [6.07, 6.45) is 6.22. The van der Waals surface area contributed by atoms with E-state index in [1.54, 1.807) is 39.8 Å². The van der Waals surface area contributed by atoms with E-state index >= 15 is 0 Å². The van der Waals surface area contributed by atoms with Gasteiger partial charge in [0.1, 0.15) is 11.4 Å². The number of nitrogens with one attached hydrogen (secondary N) is 1. The number of amides is 1. The van der Waals surface area contributed by atoms with Crippen molar-refractivity contribution in [2.45, 2.75) is 89.5 Å². The highest BCUT2D eigenvalue weighted by Crippen LogP contribution is 2.33. The molecular weight excluding hydrogens is 408 g/mol. The lowest BCUT2D eigenvalue weighted by molar-refractivity contribution is -0.166. The summed E-state index contributed by atoms with van der Waals surface area (Å²) in [6.45, 7) is 8.27. The monoisotopic (exact) mass is 446 g/mol. The second kappa shape index (κ2) is 10.2. The topological polar surface area (TPSA) is 99.9 Å². The highest BCUT2D eigenvalue weighted by molar-refractivity contribution is 5.92. The summed E-state index contributed by atoms with van der Waals surface area (Å²) >= 11 is 0. The van der Waals surface area contributed by atoms with E-state index in [1.165, 1.54) is 12.8 Å². The zero-order chi connectivity index (χ0) is 23.4. The van der Waals surface area contributed by atoms with Crippen molar-refractivity contribution in [2.75, 3.05) is 13.2 Å². The van der Waals surface area contributed by atoms with Crippen LogP contribution in [0.5, 0.6) is 5.75 Å². The standard InChI is InChI=1S/C25H38N2O5/c1-17(22(28)27-19-13-15-30-16-14-19)25(26,23(29)32-24(2,3)4)18-9-11-21(12-10-18)31-20-7-5-6-8-20/h9-12,17,19-20H,5-8,13-16,26H2,1-4H3,(H,27,28). The van der Waals surface area contributed by atoms with Gasteiger partial charge in [0.05, 0.1) is 12.0 Å². The molecule has 1 amide bonds. The first-order chi connectivity index (χ1) is 15.1. The first-order valence-corrected chi connectivity index (χ1v) is 11.8. The van der Waals surface area contributed by atoms with Crippen LogP contribution in [0.3, 0.4) is 0 Å². The molecule has 0 bridgehead atoms. The average Bonchev–Trinajstić information content (AvgIpc) is 3.25. The molecule has 2 unspecified atom stereocenters. The van der Waals surface area contributed by atoms with Crippen molar-refractivity contribution >= 4 is 11.9 Å². The van der Waals surface area contributed by atoms with E-state index in [4.69, 9.17) is 19.9 Å². The van der Waals surface area contributed by atoms with Crippen LogP contribution in [0, 0.1) is 5.92 Å². The van der Waals surface area contributed by atoms with Crippen molar-refractivity contribution in [3.63, 3.8) is 0 Å². The molecule has 0 aromatic heterocycles. The Morgan fingerprint density at radius 3 is 2.22 bits per heavy atom. The van der Waals surface area contributed by atoms with Crippen molar-refractivity contribution in [1.29, 1.82) is 0 Å². The largest absolute Gasteiger partial charge is 0.490 e. The number of carbonyl (C=O) groups excluding carboxylic acids is 2. The molecule has 0 spiro atoms. The minimum atomic E-state index is -1.63. The first-order valence-electron chi connectivity index (χ1n) is 11.8. The van der Waals surface area contributed by atoms with Gasteiger partial charge in [-0.2, -0.15) is 0 Å². The van der Waals surface area contributed by atoms with Gasteiger partial charge in [-0.3, -0.25) is 4.79 Å². The second-order valence-electron chi connectivity index (χ2n) is 10.0. The summed E-state index contributed by atoms with van der Waals surface area (Å²) in [5.74, 6) is -0.978. The maximum Gasteiger partial charge on any atom is 0.332 e. The molecule has 1 aliphatic carbocycles. The highest BCUT2D eigenvalue weighted by atomic mass is 16.6. The first kappa shape index (κ1) is 24.5. The number of hydrogen-bond acceptors (Lipinski definition) is 6. The molecular formula is C25H38N2O5. The molecule has 1 aromatic carbocycles. The maximum atomic E-state index is 13.3. The zero-order valence-corrected chi connectivity index (χ0v) is 19.8. The molecule has 1 saturated heterocycles. The van der Waals surface area contributed by atoms with Gasteiger partial charge in [-0.15, -0.1) is 0 Å². The van der Waals surface area contributed by atoms with Crippen molar-refractivity contribution in [1.82, 2.24) is 5.32 Å². The fourth-order valence-electron chi connectivity index (χ4n) is 4.29. The molecule has 1 aromatic rings. The molecule has 7 nitrogen and oxygen atoms in total. The van der Waals surface area contributed by atoms with Crippen LogP contribution in [0.15, 0.2) is 24.3 Å². The van der Waals surface area contributed by atoms with E-state index in [1.807, 2.05) is 12.1 Å². The Morgan fingerprint density at radius 2 is 1.66 bits per heavy atom. The van der Waals surface area contributed by atoms with Crippen LogP contribution in [-0.4, -0.2) is 42.8 Å².